The molecule has 0 aliphatic rings. The van der Waals surface area contributed by atoms with Gasteiger partial charge < -0.3 is 43.8 Å². The second-order valence-corrected chi connectivity index (χ2v) is 39.6. The molecule has 0 spiro atoms. The van der Waals surface area contributed by atoms with Crippen LogP contribution in [0.1, 0.15) is 167 Å². The fourth-order valence-electron chi connectivity index (χ4n) is 7.56. The summed E-state index contributed by atoms with van der Waals surface area (Å²) in [6.07, 6.45) is 0. The maximum absolute atomic E-state index is 11.0. The fraction of sp³-hybridized carbons (Fsp3) is 0.400. The van der Waals surface area contributed by atoms with Crippen LogP contribution in [-0.2, 0) is 69.8 Å². The molecule has 11 heteroatoms. The van der Waals surface area contributed by atoms with Crippen molar-refractivity contribution in [3.05, 3.63) is 166 Å². The predicted molar refractivity (Wildman–Crippen MR) is 323 cm³/mol. The summed E-state index contributed by atoms with van der Waals surface area (Å²) in [4.78, 5) is 0. The van der Waals surface area contributed by atoms with E-state index in [-0.39, 0.29) is 21.7 Å². The van der Waals surface area contributed by atoms with Gasteiger partial charge in [-0.3, -0.25) is 0 Å². The van der Waals surface area contributed by atoms with Gasteiger partial charge in [0.25, 0.3) is 0 Å². The molecule has 380 valence electrons. The molecule has 0 fully saturated rings. The van der Waals surface area contributed by atoms with Crippen LogP contribution in [-0.4, -0.2) is 34.4 Å². The Morgan fingerprint density at radius 1 is 0.451 bits per heavy atom. The van der Waals surface area contributed by atoms with Crippen LogP contribution in [0.25, 0.3) is 0 Å². The second kappa shape index (κ2) is 24.4. The summed E-state index contributed by atoms with van der Waals surface area (Å²) in [5.74, 6) is 2.98. The zero-order valence-electron chi connectivity index (χ0n) is 45.4. The van der Waals surface area contributed by atoms with Gasteiger partial charge in [0.15, 0.2) is 0 Å². The molecule has 0 bridgehead atoms. The quantitative estimate of drug-likeness (QED) is 0.0799. The van der Waals surface area contributed by atoms with Crippen LogP contribution in [0.3, 0.4) is 0 Å². The standard InChI is InChI=1S/2C24H35O2PS2.2C6H5.Pb/c2*1-15(2)17-11-10-16(3)21(12-17)26-27(28,29)18-13-19(23(4,5)6)22(25)20(14-18)24(7,8)9;2*1-2-4-6-5-3-1;/h2*10-15,25H,1-9H3,(H,28,29);2*1-5H;/q;;;;+2/p-2. The fourth-order valence-corrected chi connectivity index (χ4v) is 16.2. The molecule has 6 aromatic carbocycles. The third-order valence-electron chi connectivity index (χ3n) is 12.1. The molecule has 0 aromatic heterocycles. The number of hydrogen-bond acceptors (Lipinski definition) is 8. The number of phenols is 2. The van der Waals surface area contributed by atoms with Crippen LogP contribution in [0.4, 0.5) is 0 Å². The minimum atomic E-state index is -2.75. The van der Waals surface area contributed by atoms with Crippen LogP contribution >= 0.6 is 10.9 Å². The molecular formula is C60H78O4P2PbS4. The van der Waals surface area contributed by atoms with E-state index in [1.807, 2.05) is 38.1 Å². The Kier molecular flexibility index (Phi) is 21.0. The van der Waals surface area contributed by atoms with E-state index in [0.29, 0.717) is 23.3 Å². The number of aromatic hydroxyl groups is 2. The van der Waals surface area contributed by atoms with Gasteiger partial charge in [-0.1, -0.05) is 159 Å². The first-order valence-electron chi connectivity index (χ1n) is 24.4. The molecule has 0 aliphatic heterocycles. The molecule has 4 nitrogen and oxygen atoms in total. The summed E-state index contributed by atoms with van der Waals surface area (Å²) in [5, 5.41) is 23.6. The van der Waals surface area contributed by atoms with Crippen molar-refractivity contribution < 1.29 is 19.3 Å². The van der Waals surface area contributed by atoms with Crippen LogP contribution in [0.2, 0.25) is 0 Å². The Morgan fingerprint density at radius 3 is 0.958 bits per heavy atom. The molecule has 2 atom stereocenters. The van der Waals surface area contributed by atoms with Crippen LogP contribution < -0.4 is 25.9 Å². The molecule has 2 N–H and O–H groups in total. The van der Waals surface area contributed by atoms with E-state index in [1.54, 1.807) is 6.25 Å². The van der Waals surface area contributed by atoms with Crippen LogP contribution in [0.15, 0.2) is 121 Å². The van der Waals surface area contributed by atoms with Crippen LogP contribution in [0, 0.1) is 13.8 Å². The number of rotatable bonds is 10. The van der Waals surface area contributed by atoms with E-state index < -0.39 is 35.2 Å². The van der Waals surface area contributed by atoms with Crippen molar-refractivity contribution in [2.24, 2.45) is 0 Å². The Balaban J connectivity index is 0.000000247. The molecule has 0 aliphatic carbocycles. The van der Waals surface area contributed by atoms with Crippen molar-refractivity contribution in [2.45, 2.75) is 158 Å². The van der Waals surface area contributed by atoms with Gasteiger partial charge in [0, 0.05) is 33.2 Å². The average Bonchev–Trinajstić information content (AvgIpc) is 3.24. The molecule has 0 amide bonds. The number of hydrogen-bond donors (Lipinski definition) is 2. The normalized spacial score (nSPS) is 13.7. The van der Waals surface area contributed by atoms with Crippen molar-refractivity contribution in [2.75, 3.05) is 0 Å². The van der Waals surface area contributed by atoms with E-state index in [9.17, 15) is 10.2 Å². The average molecular weight is 1260 g/mol. The van der Waals surface area contributed by atoms with E-state index in [4.69, 9.17) is 57.2 Å². The summed E-state index contributed by atoms with van der Waals surface area (Å²) < 4.78 is 15.8. The van der Waals surface area contributed by atoms with Gasteiger partial charge in [-0.05, 0) is 117 Å². The summed E-state index contributed by atoms with van der Waals surface area (Å²) in [6, 6.07) is 42.0. The van der Waals surface area contributed by atoms with Gasteiger partial charge >= 0.3 is 91.1 Å². The van der Waals surface area contributed by atoms with E-state index in [2.05, 4.69) is 208 Å². The Morgan fingerprint density at radius 2 is 0.718 bits per heavy atom. The second-order valence-electron chi connectivity index (χ2n) is 23.2. The Hall–Kier alpha value is -2.56. The van der Waals surface area contributed by atoms with Gasteiger partial charge in [-0.2, -0.15) is 0 Å². The monoisotopic (exact) mass is 1260 g/mol. The van der Waals surface area contributed by atoms with Gasteiger partial charge in [-0.15, -0.1) is 0 Å². The molecule has 2 unspecified atom stereocenters. The topological polar surface area (TPSA) is 58.9 Å². The van der Waals surface area contributed by atoms with Gasteiger partial charge in [0.1, 0.15) is 23.0 Å². The molecule has 0 saturated heterocycles. The zero-order chi connectivity index (χ0) is 53.7. The maximum atomic E-state index is 11.0. The molecule has 6 rings (SSSR count). The summed E-state index contributed by atoms with van der Waals surface area (Å²) in [7, 11) is 0. The first-order valence-corrected chi connectivity index (χ1v) is 35.7. The SMILES string of the molecule is Cc1ccc(C(C)C)cc1OP(=S)([S-])c1cc(C(C)(C)C)c(O)c(C(C)(C)C)c1.Cc1ccc(C(C)C)cc1OP(=S)([S-])c1cc(C(C)(C)C)c(O)c(C(C)(C)C)c1.c1cc[c]([Pb+2][c]2ccccc2)cc1. The summed E-state index contributed by atoms with van der Waals surface area (Å²) >= 11 is 22.8. The van der Waals surface area contributed by atoms with Crippen molar-refractivity contribution in [1.82, 2.24) is 0 Å². The molecular weight excluding hydrogens is 1180 g/mol. The first-order chi connectivity index (χ1) is 32.5. The van der Waals surface area contributed by atoms with Gasteiger partial charge in [0.05, 0.1) is 0 Å². The molecule has 6 aromatic rings. The third-order valence-corrected chi connectivity index (χ3v) is 23.0. The summed E-state index contributed by atoms with van der Waals surface area (Å²) in [5.41, 5.74) is 1.43. The minimum absolute atomic E-state index is 0.238. The number of phenolic OH excluding ortho intramolecular Hbond substituents is 2. The van der Waals surface area contributed by atoms with Gasteiger partial charge in [-0.25, -0.2) is 0 Å². The summed E-state index contributed by atoms with van der Waals surface area (Å²) in [6.45, 7) is 37.7. The molecule has 0 saturated carbocycles. The molecule has 71 heavy (non-hydrogen) atoms. The predicted octanol–water partition coefficient (Wildman–Crippen LogP) is 15.3. The Bertz CT molecular complexity index is 2590. The zero-order valence-corrected chi connectivity index (χ0v) is 54.4. The molecule has 0 radical (unpaired) electrons. The third kappa shape index (κ3) is 17.2. The van der Waals surface area contributed by atoms with Crippen molar-refractivity contribution in [3.63, 3.8) is 0 Å². The van der Waals surface area contributed by atoms with Crippen molar-refractivity contribution in [1.29, 1.82) is 0 Å². The van der Waals surface area contributed by atoms with Crippen molar-refractivity contribution in [3.8, 4) is 23.0 Å². The number of aryl methyl sites for hydroxylation is 2. The van der Waals surface area contributed by atoms with E-state index >= 15 is 0 Å². The first kappa shape index (κ1) is 61.0. The van der Waals surface area contributed by atoms with Crippen molar-refractivity contribution >= 4 is 100 Å². The van der Waals surface area contributed by atoms with E-state index in [0.717, 1.165) is 55.5 Å². The Labute approximate surface area is 462 Å². The van der Waals surface area contributed by atoms with Crippen LogP contribution in [0.5, 0.6) is 23.0 Å². The number of benzene rings is 6. The molecule has 0 heterocycles. The van der Waals surface area contributed by atoms with Gasteiger partial charge in [0.2, 0.25) is 0 Å². The van der Waals surface area contributed by atoms with E-state index in [1.165, 1.54) is 11.1 Å².